The third-order valence-electron chi connectivity index (χ3n) is 7.48. The smallest absolute Gasteiger partial charge is 0.387 e. The second-order valence-electron chi connectivity index (χ2n) is 10.3. The van der Waals surface area contributed by atoms with Crippen molar-refractivity contribution < 1.29 is 56.0 Å². The molecule has 3 aliphatic heterocycles. The molecule has 0 amide bonds. The third kappa shape index (κ3) is 5.71. The van der Waals surface area contributed by atoms with E-state index in [0.29, 0.717) is 0 Å². The van der Waals surface area contributed by atoms with Gasteiger partial charge in [0, 0.05) is 0 Å². The molecule has 6 heterocycles. The zero-order valence-electron chi connectivity index (χ0n) is 22.5. The van der Waals surface area contributed by atoms with Crippen molar-refractivity contribution in [2.75, 3.05) is 13.2 Å². The third-order valence-corrected chi connectivity index (χ3v) is 10.4. The highest BCUT2D eigenvalue weighted by atomic mass is 35.5. The van der Waals surface area contributed by atoms with Crippen molar-refractivity contribution in [1.82, 2.24) is 29.1 Å². The van der Waals surface area contributed by atoms with Gasteiger partial charge in [0.25, 0.3) is 5.56 Å². The maximum Gasteiger partial charge on any atom is 0.472 e. The fourth-order valence-corrected chi connectivity index (χ4v) is 7.89. The number of fused-ring (bicyclic) bond motifs is 5. The molecular formula is C22H20Cl3FN6O12P2. The lowest BCUT2D eigenvalue weighted by Crippen LogP contribution is -2.35. The number of aliphatic hydroxyl groups excluding tert-OH is 1. The Hall–Kier alpha value is -2.06. The Morgan fingerprint density at radius 3 is 2.35 bits per heavy atom. The number of aromatic amines is 1. The number of aliphatic hydroxyl groups is 1. The predicted molar refractivity (Wildman–Crippen MR) is 153 cm³/mol. The minimum atomic E-state index is -5.17. The molecule has 3 fully saturated rings. The molecule has 0 radical (unpaired) electrons. The summed E-state index contributed by atoms with van der Waals surface area (Å²) in [6.07, 6.45) is -11.8. The van der Waals surface area contributed by atoms with Crippen LogP contribution < -0.4 is 5.56 Å². The summed E-state index contributed by atoms with van der Waals surface area (Å²) in [7, 11) is -10.3. The van der Waals surface area contributed by atoms with Gasteiger partial charge in [-0.2, -0.15) is 0 Å². The predicted octanol–water partition coefficient (Wildman–Crippen LogP) is 2.64. The first-order chi connectivity index (χ1) is 21.7. The van der Waals surface area contributed by atoms with Crippen LogP contribution in [0.2, 0.25) is 15.3 Å². The van der Waals surface area contributed by atoms with Gasteiger partial charge >= 0.3 is 15.6 Å². The van der Waals surface area contributed by atoms with Crippen LogP contribution in [0.1, 0.15) is 12.5 Å². The molecule has 0 spiro atoms. The van der Waals surface area contributed by atoms with Crippen molar-refractivity contribution in [3.63, 3.8) is 0 Å². The van der Waals surface area contributed by atoms with Gasteiger partial charge in [-0.1, -0.05) is 23.2 Å². The number of imidazole rings is 2. The normalized spacial score (nSPS) is 37.2. The number of hydrogen-bond donors (Lipinski definition) is 4. The molecule has 10 unspecified atom stereocenters. The summed E-state index contributed by atoms with van der Waals surface area (Å²) < 4.78 is 76.6. The summed E-state index contributed by atoms with van der Waals surface area (Å²) in [6, 6.07) is 2.79. The molecule has 248 valence electrons. The molecule has 18 nitrogen and oxygen atoms in total. The van der Waals surface area contributed by atoms with Crippen molar-refractivity contribution in [2.45, 2.75) is 49.1 Å². The van der Waals surface area contributed by atoms with E-state index in [2.05, 4.69) is 19.9 Å². The Morgan fingerprint density at radius 2 is 1.61 bits per heavy atom. The molecule has 4 aromatic rings. The van der Waals surface area contributed by atoms with Crippen LogP contribution in [0, 0.1) is 0 Å². The molecule has 1 aromatic carbocycles. The fourth-order valence-electron chi connectivity index (χ4n) is 5.41. The lowest BCUT2D eigenvalue weighted by Gasteiger charge is -2.26. The Bertz CT molecular complexity index is 2000. The molecule has 3 aliphatic rings. The van der Waals surface area contributed by atoms with Gasteiger partial charge in [-0.15, -0.1) is 0 Å². The largest absolute Gasteiger partial charge is 0.472 e. The number of ether oxygens (including phenoxy) is 2. The maximum absolute atomic E-state index is 15.9. The SMILES string of the molecule is O=c1[nH]cnc2c1ncn2C1OC2COP(=O)(O)OC3C(O)C(COP(=O)(O)OC2C1F)OC3n1c(Cl)nc2cc(Cl)c(Cl)cc21. The van der Waals surface area contributed by atoms with E-state index < -0.39 is 83.6 Å². The van der Waals surface area contributed by atoms with Gasteiger partial charge in [-0.3, -0.25) is 32.0 Å². The first-order valence-corrected chi connectivity index (χ1v) is 17.2. The lowest BCUT2D eigenvalue weighted by molar-refractivity contribution is -0.0669. The average Bonchev–Trinajstić information content (AvgIpc) is 3.71. The van der Waals surface area contributed by atoms with E-state index in [1.54, 1.807) is 0 Å². The van der Waals surface area contributed by atoms with E-state index in [0.717, 1.165) is 17.2 Å². The van der Waals surface area contributed by atoms with Gasteiger partial charge in [-0.25, -0.2) is 28.5 Å². The molecule has 46 heavy (non-hydrogen) atoms. The Balaban J connectivity index is 1.22. The van der Waals surface area contributed by atoms with Gasteiger partial charge in [0.05, 0.1) is 46.9 Å². The van der Waals surface area contributed by atoms with Crippen LogP contribution in [0.25, 0.3) is 22.2 Å². The van der Waals surface area contributed by atoms with Gasteiger partial charge in [0.1, 0.15) is 30.5 Å². The van der Waals surface area contributed by atoms with Crippen molar-refractivity contribution in [3.8, 4) is 0 Å². The molecule has 2 bridgehead atoms. The highest BCUT2D eigenvalue weighted by Crippen LogP contribution is 2.54. The fraction of sp³-hybridized carbons (Fsp3) is 0.455. The number of hydrogen-bond acceptors (Lipinski definition) is 13. The van der Waals surface area contributed by atoms with E-state index in [4.69, 9.17) is 62.4 Å². The molecule has 0 saturated carbocycles. The summed E-state index contributed by atoms with van der Waals surface area (Å²) in [5, 5.41) is 11.1. The molecule has 7 rings (SSSR count). The van der Waals surface area contributed by atoms with Crippen LogP contribution in [0.15, 0.2) is 29.6 Å². The monoisotopic (exact) mass is 746 g/mol. The van der Waals surface area contributed by atoms with E-state index in [9.17, 15) is 28.8 Å². The molecular weight excluding hydrogens is 728 g/mol. The summed E-state index contributed by atoms with van der Waals surface area (Å²) >= 11 is 18.6. The lowest BCUT2D eigenvalue weighted by atomic mass is 10.1. The second-order valence-corrected chi connectivity index (χ2v) is 14.3. The van der Waals surface area contributed by atoms with E-state index in [-0.39, 0.29) is 37.5 Å². The number of nitrogens with one attached hydrogen (secondary N) is 1. The zero-order chi connectivity index (χ0) is 32.7. The zero-order valence-corrected chi connectivity index (χ0v) is 26.6. The molecule has 10 atom stereocenters. The van der Waals surface area contributed by atoms with Crippen molar-refractivity contribution >= 4 is 72.6 Å². The molecule has 24 heteroatoms. The quantitative estimate of drug-likeness (QED) is 0.216. The number of halogens is 4. The van der Waals surface area contributed by atoms with Gasteiger partial charge in [0.15, 0.2) is 29.8 Å². The maximum atomic E-state index is 15.9. The number of nitrogens with zero attached hydrogens (tertiary/aromatic N) is 5. The van der Waals surface area contributed by atoms with E-state index in [1.165, 1.54) is 16.7 Å². The van der Waals surface area contributed by atoms with Crippen LogP contribution in [-0.2, 0) is 36.7 Å². The van der Waals surface area contributed by atoms with Gasteiger partial charge < -0.3 is 29.4 Å². The van der Waals surface area contributed by atoms with Crippen LogP contribution in [0.3, 0.4) is 0 Å². The Labute approximate surface area is 270 Å². The number of rotatable bonds is 2. The molecule has 4 N–H and O–H groups in total. The summed E-state index contributed by atoms with van der Waals surface area (Å²) in [5.74, 6) is 0. The number of aromatic nitrogens is 6. The Morgan fingerprint density at radius 1 is 0.957 bits per heavy atom. The van der Waals surface area contributed by atoms with E-state index in [1.807, 2.05) is 0 Å². The number of phosphoric acid groups is 2. The summed E-state index contributed by atoms with van der Waals surface area (Å²) in [6.45, 7) is -1.78. The second kappa shape index (κ2) is 11.8. The van der Waals surface area contributed by atoms with Crippen LogP contribution in [-0.4, -0.2) is 93.9 Å². The number of alkyl halides is 1. The van der Waals surface area contributed by atoms with Crippen LogP contribution >= 0.6 is 50.4 Å². The standard InChI is InChI=1S/C22H20Cl3FN6O12P2/c23-7-1-9-10(2-8(7)24)32(22(25)30-9)21-17-15(33)11(41-21)3-39-45(35,36)43-16-12(4-40-46(37,38)44-17)42-20(13(16)26)31-6-29-14-18(31)27-5-28-19(14)34/h1-2,5-6,11-13,15-17,20-21,33H,3-4H2,(H,35,36)(H,37,38)(H,27,28,34). The highest BCUT2D eigenvalue weighted by molar-refractivity contribution is 7.47. The first-order valence-electron chi connectivity index (χ1n) is 13.1. The van der Waals surface area contributed by atoms with Crippen molar-refractivity contribution in [2.24, 2.45) is 0 Å². The number of phosphoric ester groups is 2. The molecule has 3 aromatic heterocycles. The van der Waals surface area contributed by atoms with Crippen LogP contribution in [0.5, 0.6) is 0 Å². The molecule has 0 aliphatic carbocycles. The molecule has 3 saturated heterocycles. The highest BCUT2D eigenvalue weighted by Gasteiger charge is 2.54. The van der Waals surface area contributed by atoms with Gasteiger partial charge in [0.2, 0.25) is 5.28 Å². The van der Waals surface area contributed by atoms with Gasteiger partial charge in [-0.05, 0) is 23.7 Å². The van der Waals surface area contributed by atoms with Crippen molar-refractivity contribution in [1.29, 1.82) is 0 Å². The summed E-state index contributed by atoms with van der Waals surface area (Å²) in [5.41, 5.74) is -0.397. The van der Waals surface area contributed by atoms with E-state index >= 15 is 4.39 Å². The topological polar surface area (TPSA) is 232 Å². The summed E-state index contributed by atoms with van der Waals surface area (Å²) in [4.78, 5) is 47.7. The number of benzene rings is 1. The average molecular weight is 748 g/mol. The minimum Gasteiger partial charge on any atom is -0.387 e. The first kappa shape index (κ1) is 32.5. The minimum absolute atomic E-state index is 0.0892. The number of H-pyrrole nitrogens is 1. The Kier molecular flexibility index (Phi) is 8.35. The van der Waals surface area contributed by atoms with Crippen molar-refractivity contribution in [3.05, 3.63) is 50.5 Å². The van der Waals surface area contributed by atoms with Crippen LogP contribution in [0.4, 0.5) is 4.39 Å².